The van der Waals surface area contributed by atoms with Gasteiger partial charge in [-0.3, -0.25) is 4.90 Å². The van der Waals surface area contributed by atoms with Crippen molar-refractivity contribution in [2.45, 2.75) is 39.3 Å². The van der Waals surface area contributed by atoms with E-state index in [2.05, 4.69) is 24.1 Å². The van der Waals surface area contributed by atoms with E-state index < -0.39 is 0 Å². The number of nitrogens with zero attached hydrogens (tertiary/aromatic N) is 1. The van der Waals surface area contributed by atoms with Crippen molar-refractivity contribution >= 4 is 0 Å². The SMILES string of the molecule is CCNC(C)C1CCN(Cc2ccc(OC)cc2F)CC1. The lowest BCUT2D eigenvalue weighted by Crippen LogP contribution is -2.41. The van der Waals surface area contributed by atoms with Crippen LogP contribution < -0.4 is 10.1 Å². The van der Waals surface area contributed by atoms with Crippen LogP contribution in [0.3, 0.4) is 0 Å². The molecule has 1 aromatic carbocycles. The second kappa shape index (κ2) is 7.76. The summed E-state index contributed by atoms with van der Waals surface area (Å²) >= 11 is 0. The summed E-state index contributed by atoms with van der Waals surface area (Å²) in [5.74, 6) is 1.15. The van der Waals surface area contributed by atoms with Crippen LogP contribution in [0.5, 0.6) is 5.75 Å². The van der Waals surface area contributed by atoms with Crippen LogP contribution in [0, 0.1) is 11.7 Å². The molecule has 0 radical (unpaired) electrons. The van der Waals surface area contributed by atoms with Crippen LogP contribution in [0.25, 0.3) is 0 Å². The van der Waals surface area contributed by atoms with Crippen LogP contribution in [-0.4, -0.2) is 37.7 Å². The number of piperidine rings is 1. The highest BCUT2D eigenvalue weighted by Gasteiger charge is 2.23. The topological polar surface area (TPSA) is 24.5 Å². The summed E-state index contributed by atoms with van der Waals surface area (Å²) < 4.78 is 19.0. The third-order valence-corrected chi connectivity index (χ3v) is 4.52. The molecule has 1 atom stereocenters. The Hall–Kier alpha value is -1.13. The third-order valence-electron chi connectivity index (χ3n) is 4.52. The van der Waals surface area contributed by atoms with E-state index in [1.54, 1.807) is 7.11 Å². The number of rotatable bonds is 6. The predicted molar refractivity (Wildman–Crippen MR) is 84.1 cm³/mol. The molecule has 0 amide bonds. The number of benzene rings is 1. The minimum Gasteiger partial charge on any atom is -0.497 e. The molecule has 1 N–H and O–H groups in total. The minimum absolute atomic E-state index is 0.169. The molecule has 21 heavy (non-hydrogen) atoms. The van der Waals surface area contributed by atoms with Crippen molar-refractivity contribution < 1.29 is 9.13 Å². The zero-order valence-electron chi connectivity index (χ0n) is 13.4. The zero-order chi connectivity index (χ0) is 15.2. The molecule has 0 saturated carbocycles. The quantitative estimate of drug-likeness (QED) is 0.873. The summed E-state index contributed by atoms with van der Waals surface area (Å²) in [6.07, 6.45) is 2.37. The summed E-state index contributed by atoms with van der Waals surface area (Å²) in [6.45, 7) is 8.24. The summed E-state index contributed by atoms with van der Waals surface area (Å²) in [5.41, 5.74) is 0.758. The molecule has 0 bridgehead atoms. The molecule has 118 valence electrons. The van der Waals surface area contributed by atoms with Gasteiger partial charge in [0.05, 0.1) is 7.11 Å². The van der Waals surface area contributed by atoms with Crippen molar-refractivity contribution in [1.29, 1.82) is 0 Å². The Bertz CT molecular complexity index is 444. The molecular formula is C17H27FN2O. The number of nitrogens with one attached hydrogen (secondary N) is 1. The summed E-state index contributed by atoms with van der Waals surface area (Å²) in [7, 11) is 1.56. The van der Waals surface area contributed by atoms with Gasteiger partial charge in [-0.05, 0) is 51.4 Å². The summed E-state index contributed by atoms with van der Waals surface area (Å²) in [6, 6.07) is 5.71. The lowest BCUT2D eigenvalue weighted by molar-refractivity contribution is 0.156. The smallest absolute Gasteiger partial charge is 0.131 e. The van der Waals surface area contributed by atoms with Crippen LogP contribution in [-0.2, 0) is 6.54 Å². The van der Waals surface area contributed by atoms with E-state index >= 15 is 0 Å². The molecule has 1 fully saturated rings. The maximum atomic E-state index is 14.0. The first-order chi connectivity index (χ1) is 10.1. The lowest BCUT2D eigenvalue weighted by Gasteiger charge is -2.35. The van der Waals surface area contributed by atoms with E-state index in [9.17, 15) is 4.39 Å². The fraction of sp³-hybridized carbons (Fsp3) is 0.647. The van der Waals surface area contributed by atoms with Crippen molar-refractivity contribution in [1.82, 2.24) is 10.2 Å². The Labute approximate surface area is 127 Å². The van der Waals surface area contributed by atoms with Crippen LogP contribution in [0.2, 0.25) is 0 Å². The molecule has 4 heteroatoms. The minimum atomic E-state index is -0.169. The molecule has 2 rings (SSSR count). The Morgan fingerprint density at radius 1 is 1.38 bits per heavy atom. The van der Waals surface area contributed by atoms with Gasteiger partial charge < -0.3 is 10.1 Å². The van der Waals surface area contributed by atoms with Crippen molar-refractivity contribution in [2.75, 3.05) is 26.7 Å². The molecule has 3 nitrogen and oxygen atoms in total. The van der Waals surface area contributed by atoms with Crippen molar-refractivity contribution in [3.8, 4) is 5.75 Å². The Balaban J connectivity index is 1.86. The van der Waals surface area contributed by atoms with Gasteiger partial charge in [-0.25, -0.2) is 4.39 Å². The van der Waals surface area contributed by atoms with Crippen LogP contribution >= 0.6 is 0 Å². The van der Waals surface area contributed by atoms with Gasteiger partial charge in [0.25, 0.3) is 0 Å². The zero-order valence-corrected chi connectivity index (χ0v) is 13.4. The number of halogens is 1. The normalized spacial score (nSPS) is 18.7. The molecule has 0 aliphatic carbocycles. The van der Waals surface area contributed by atoms with Gasteiger partial charge in [0, 0.05) is 24.2 Å². The standard InChI is InChI=1S/C17H27FN2O/c1-4-19-13(2)14-7-9-20(10-8-14)12-15-5-6-16(21-3)11-17(15)18/h5-6,11,13-14,19H,4,7-10,12H2,1-3H3. The van der Waals surface area contributed by atoms with Gasteiger partial charge in [0.15, 0.2) is 0 Å². The molecule has 1 aliphatic heterocycles. The van der Waals surface area contributed by atoms with Gasteiger partial charge in [-0.1, -0.05) is 13.0 Å². The summed E-state index contributed by atoms with van der Waals surface area (Å²) in [5, 5.41) is 3.51. The maximum absolute atomic E-state index is 14.0. The number of hydrogen-bond acceptors (Lipinski definition) is 3. The van der Waals surface area contributed by atoms with E-state index in [4.69, 9.17) is 4.74 Å². The fourth-order valence-electron chi connectivity index (χ4n) is 3.12. The highest BCUT2D eigenvalue weighted by Crippen LogP contribution is 2.23. The lowest BCUT2D eigenvalue weighted by atomic mass is 9.90. The average molecular weight is 294 g/mol. The third kappa shape index (κ3) is 4.42. The molecular weight excluding hydrogens is 267 g/mol. The van der Waals surface area contributed by atoms with E-state index in [0.29, 0.717) is 18.3 Å². The second-order valence-corrected chi connectivity index (χ2v) is 5.92. The first-order valence-corrected chi connectivity index (χ1v) is 7.92. The maximum Gasteiger partial charge on any atom is 0.131 e. The monoisotopic (exact) mass is 294 g/mol. The van der Waals surface area contributed by atoms with Gasteiger partial charge in [0.2, 0.25) is 0 Å². The van der Waals surface area contributed by atoms with Crippen molar-refractivity contribution in [3.05, 3.63) is 29.6 Å². The number of likely N-dealkylation sites (tertiary alicyclic amines) is 1. The number of hydrogen-bond donors (Lipinski definition) is 1. The largest absolute Gasteiger partial charge is 0.497 e. The van der Waals surface area contributed by atoms with Gasteiger partial charge in [-0.2, -0.15) is 0 Å². The predicted octanol–water partition coefficient (Wildman–Crippen LogP) is 3.04. The van der Waals surface area contributed by atoms with Crippen LogP contribution in [0.4, 0.5) is 4.39 Å². The fourth-order valence-corrected chi connectivity index (χ4v) is 3.12. The Kier molecular flexibility index (Phi) is 6.00. The highest BCUT2D eigenvalue weighted by atomic mass is 19.1. The molecule has 1 unspecified atom stereocenters. The van der Waals surface area contributed by atoms with Crippen molar-refractivity contribution in [2.24, 2.45) is 5.92 Å². The molecule has 1 heterocycles. The van der Waals surface area contributed by atoms with E-state index in [0.717, 1.165) is 31.1 Å². The van der Waals surface area contributed by atoms with Crippen LogP contribution in [0.15, 0.2) is 18.2 Å². The van der Waals surface area contributed by atoms with Gasteiger partial charge in [0.1, 0.15) is 11.6 Å². The van der Waals surface area contributed by atoms with E-state index in [1.165, 1.54) is 18.9 Å². The first-order valence-electron chi connectivity index (χ1n) is 7.92. The van der Waals surface area contributed by atoms with Crippen LogP contribution in [0.1, 0.15) is 32.3 Å². The summed E-state index contributed by atoms with van der Waals surface area (Å²) in [4.78, 5) is 2.35. The average Bonchev–Trinajstić information content (AvgIpc) is 2.50. The molecule has 0 spiro atoms. The molecule has 1 aliphatic rings. The van der Waals surface area contributed by atoms with Gasteiger partial charge >= 0.3 is 0 Å². The molecule has 1 saturated heterocycles. The van der Waals surface area contributed by atoms with E-state index in [-0.39, 0.29) is 5.82 Å². The molecule has 0 aromatic heterocycles. The van der Waals surface area contributed by atoms with Gasteiger partial charge in [-0.15, -0.1) is 0 Å². The van der Waals surface area contributed by atoms with Crippen molar-refractivity contribution in [3.63, 3.8) is 0 Å². The second-order valence-electron chi connectivity index (χ2n) is 5.92. The first kappa shape index (κ1) is 16.2. The number of ether oxygens (including phenoxy) is 1. The highest BCUT2D eigenvalue weighted by molar-refractivity contribution is 5.28. The molecule has 1 aromatic rings. The Morgan fingerprint density at radius 2 is 2.10 bits per heavy atom. The number of methoxy groups -OCH3 is 1. The Morgan fingerprint density at radius 3 is 2.67 bits per heavy atom. The van der Waals surface area contributed by atoms with E-state index in [1.807, 2.05) is 12.1 Å².